The number of hydrogen-bond donors (Lipinski definition) is 1. The van der Waals surface area contributed by atoms with Crippen LogP contribution in [-0.4, -0.2) is 66.0 Å². The lowest BCUT2D eigenvalue weighted by Crippen LogP contribution is -2.47. The molecule has 2 aliphatic heterocycles. The fourth-order valence-corrected chi connectivity index (χ4v) is 6.20. The normalized spacial score (nSPS) is 20.2. The molecule has 2 unspecified atom stereocenters. The van der Waals surface area contributed by atoms with Gasteiger partial charge in [0.1, 0.15) is 5.75 Å². The van der Waals surface area contributed by atoms with Crippen LogP contribution in [0.5, 0.6) is 5.75 Å². The van der Waals surface area contributed by atoms with Crippen molar-refractivity contribution >= 4 is 17.8 Å². The summed E-state index contributed by atoms with van der Waals surface area (Å²) in [6.07, 6.45) is -3.01. The molecule has 1 fully saturated rings. The van der Waals surface area contributed by atoms with Crippen LogP contribution < -0.4 is 4.74 Å². The predicted octanol–water partition coefficient (Wildman–Crippen LogP) is 5.92. The van der Waals surface area contributed by atoms with Crippen LogP contribution in [0.1, 0.15) is 80.5 Å². The van der Waals surface area contributed by atoms with E-state index in [0.717, 1.165) is 12.1 Å². The highest BCUT2D eigenvalue weighted by Gasteiger charge is 2.41. The third kappa shape index (κ3) is 7.25. The number of piperidine rings is 1. The van der Waals surface area contributed by atoms with Gasteiger partial charge in [0.05, 0.1) is 25.1 Å². The Bertz CT molecular complexity index is 1310. The average molecular weight is 589 g/mol. The van der Waals surface area contributed by atoms with Gasteiger partial charge in [0, 0.05) is 37.5 Å². The number of para-hydroxylation sites is 1. The van der Waals surface area contributed by atoms with Gasteiger partial charge in [-0.25, -0.2) is 0 Å². The van der Waals surface area contributed by atoms with E-state index in [-0.39, 0.29) is 42.7 Å². The highest BCUT2D eigenvalue weighted by molar-refractivity contribution is 5.90. The number of carbonyl (C=O) groups is 3. The Labute approximate surface area is 244 Å². The van der Waals surface area contributed by atoms with Gasteiger partial charge in [-0.3, -0.25) is 14.4 Å². The standard InChI is InChI=1S/C32H39F3N2O5/c1-31(2,3)17-25-22-10-9-21(32(33,34)35)16-24(22)26(23-7-5-6-8-27(23)42-4)18-37(30(25)41)19-28(38)36-13-11-20(12-14-36)15-29(39)40/h5-10,16,20,25-26H,11-15,17-19H2,1-4H3,(H,39,40). The molecule has 42 heavy (non-hydrogen) atoms. The molecule has 1 N–H and O–H groups in total. The molecule has 7 nitrogen and oxygen atoms in total. The number of nitrogens with zero attached hydrogens (tertiary/aromatic N) is 2. The second-order valence-corrected chi connectivity index (χ2v) is 12.6. The van der Waals surface area contributed by atoms with Crippen molar-refractivity contribution in [2.45, 2.75) is 64.5 Å². The van der Waals surface area contributed by atoms with Crippen molar-refractivity contribution in [1.29, 1.82) is 0 Å². The van der Waals surface area contributed by atoms with Gasteiger partial charge in [0.25, 0.3) is 0 Å². The van der Waals surface area contributed by atoms with E-state index in [1.54, 1.807) is 29.2 Å². The number of amides is 2. The second kappa shape index (κ2) is 12.4. The van der Waals surface area contributed by atoms with Gasteiger partial charge in [-0.15, -0.1) is 0 Å². The molecule has 0 saturated carbocycles. The van der Waals surface area contributed by atoms with E-state index >= 15 is 0 Å². The molecule has 0 radical (unpaired) electrons. The predicted molar refractivity (Wildman–Crippen MR) is 151 cm³/mol. The first kappa shape index (κ1) is 31.4. The third-order valence-electron chi connectivity index (χ3n) is 8.27. The molecule has 2 heterocycles. The summed E-state index contributed by atoms with van der Waals surface area (Å²) < 4.78 is 47.4. The van der Waals surface area contributed by atoms with Crippen LogP contribution in [0.25, 0.3) is 0 Å². The van der Waals surface area contributed by atoms with Gasteiger partial charge in [-0.1, -0.05) is 45.0 Å². The number of carboxylic acids is 1. The molecule has 4 rings (SSSR count). The van der Waals surface area contributed by atoms with Gasteiger partial charge < -0.3 is 19.6 Å². The highest BCUT2D eigenvalue weighted by atomic mass is 19.4. The number of methoxy groups -OCH3 is 1. The highest BCUT2D eigenvalue weighted by Crippen LogP contribution is 2.45. The molecular weight excluding hydrogens is 549 g/mol. The van der Waals surface area contributed by atoms with Gasteiger partial charge in [-0.2, -0.15) is 13.2 Å². The van der Waals surface area contributed by atoms with Crippen molar-refractivity contribution in [3.63, 3.8) is 0 Å². The van der Waals surface area contributed by atoms with E-state index in [4.69, 9.17) is 9.84 Å². The first-order valence-corrected chi connectivity index (χ1v) is 14.3. The van der Waals surface area contributed by atoms with E-state index in [1.165, 1.54) is 18.1 Å². The zero-order valence-corrected chi connectivity index (χ0v) is 24.5. The Morgan fingerprint density at radius 2 is 1.67 bits per heavy atom. The zero-order valence-electron chi connectivity index (χ0n) is 24.5. The van der Waals surface area contributed by atoms with Crippen LogP contribution >= 0.6 is 0 Å². The summed E-state index contributed by atoms with van der Waals surface area (Å²) >= 11 is 0. The van der Waals surface area contributed by atoms with Crippen molar-refractivity contribution < 1.29 is 37.4 Å². The largest absolute Gasteiger partial charge is 0.496 e. The molecule has 0 bridgehead atoms. The maximum absolute atomic E-state index is 14.2. The Hall–Kier alpha value is -3.56. The fraction of sp³-hybridized carbons (Fsp3) is 0.531. The summed E-state index contributed by atoms with van der Waals surface area (Å²) in [6, 6.07) is 10.7. The SMILES string of the molecule is COc1ccccc1C1CN(CC(=O)N2CCC(CC(=O)O)CC2)C(=O)C(CC(C)(C)C)c2ccc(C(F)(F)F)cc21. The minimum atomic E-state index is -4.57. The van der Waals surface area contributed by atoms with Crippen LogP contribution in [-0.2, 0) is 20.6 Å². The number of fused-ring (bicyclic) bond motifs is 1. The Morgan fingerprint density at radius 3 is 2.26 bits per heavy atom. The molecule has 2 aromatic rings. The molecule has 228 valence electrons. The quantitative estimate of drug-likeness (QED) is 0.434. The number of halogens is 3. The Morgan fingerprint density at radius 1 is 1.00 bits per heavy atom. The molecule has 2 aliphatic rings. The number of likely N-dealkylation sites (tertiary alicyclic amines) is 1. The number of carboxylic acid groups (broad SMARTS) is 1. The molecule has 10 heteroatoms. The number of carbonyl (C=O) groups excluding carboxylic acids is 2. The summed E-state index contributed by atoms with van der Waals surface area (Å²) in [5.41, 5.74) is 0.449. The van der Waals surface area contributed by atoms with Crippen LogP contribution in [0.2, 0.25) is 0 Å². The first-order valence-electron chi connectivity index (χ1n) is 14.3. The third-order valence-corrected chi connectivity index (χ3v) is 8.27. The smallest absolute Gasteiger partial charge is 0.416 e. The second-order valence-electron chi connectivity index (χ2n) is 12.6. The molecule has 2 amide bonds. The van der Waals surface area contributed by atoms with Crippen LogP contribution in [0.4, 0.5) is 13.2 Å². The van der Waals surface area contributed by atoms with Crippen LogP contribution in [0.3, 0.4) is 0 Å². The van der Waals surface area contributed by atoms with Gasteiger partial charge in [0.15, 0.2) is 0 Å². The molecule has 2 aromatic carbocycles. The number of hydrogen-bond acceptors (Lipinski definition) is 4. The van der Waals surface area contributed by atoms with Crippen molar-refractivity contribution in [2.24, 2.45) is 11.3 Å². The number of benzene rings is 2. The monoisotopic (exact) mass is 588 g/mol. The molecule has 0 aromatic heterocycles. The zero-order chi connectivity index (χ0) is 30.8. The van der Waals surface area contributed by atoms with Crippen molar-refractivity contribution in [2.75, 3.05) is 33.3 Å². The summed E-state index contributed by atoms with van der Waals surface area (Å²) in [4.78, 5) is 42.0. The van der Waals surface area contributed by atoms with E-state index < -0.39 is 29.5 Å². The summed E-state index contributed by atoms with van der Waals surface area (Å²) in [5.74, 6) is -2.34. The topological polar surface area (TPSA) is 87.2 Å². The minimum absolute atomic E-state index is 0.00483. The van der Waals surface area contributed by atoms with Gasteiger partial charge in [-0.05, 0) is 59.9 Å². The van der Waals surface area contributed by atoms with Crippen LogP contribution in [0.15, 0.2) is 42.5 Å². The number of rotatable bonds is 7. The van der Waals surface area contributed by atoms with Gasteiger partial charge in [0.2, 0.25) is 11.8 Å². The molecule has 1 saturated heterocycles. The first-order chi connectivity index (χ1) is 19.7. The Kier molecular flexibility index (Phi) is 9.23. The minimum Gasteiger partial charge on any atom is -0.496 e. The number of ether oxygens (including phenoxy) is 1. The lowest BCUT2D eigenvalue weighted by atomic mass is 9.77. The summed E-state index contributed by atoms with van der Waals surface area (Å²) in [7, 11) is 1.49. The number of alkyl halides is 3. The number of aliphatic carboxylic acids is 1. The maximum Gasteiger partial charge on any atom is 0.416 e. The summed E-state index contributed by atoms with van der Waals surface area (Å²) in [6.45, 7) is 6.52. The maximum atomic E-state index is 14.2. The van der Waals surface area contributed by atoms with Crippen molar-refractivity contribution in [3.05, 3.63) is 64.7 Å². The van der Waals surface area contributed by atoms with Crippen LogP contribution in [0, 0.1) is 11.3 Å². The van der Waals surface area contributed by atoms with Crippen molar-refractivity contribution in [1.82, 2.24) is 9.80 Å². The average Bonchev–Trinajstić information content (AvgIpc) is 3.02. The summed E-state index contributed by atoms with van der Waals surface area (Å²) in [5, 5.41) is 9.11. The fourth-order valence-electron chi connectivity index (χ4n) is 6.20. The van der Waals surface area contributed by atoms with Crippen molar-refractivity contribution in [3.8, 4) is 5.75 Å². The van der Waals surface area contributed by atoms with Gasteiger partial charge >= 0.3 is 12.1 Å². The molecule has 0 aliphatic carbocycles. The van der Waals surface area contributed by atoms with E-state index in [2.05, 4.69) is 0 Å². The van der Waals surface area contributed by atoms with E-state index in [1.807, 2.05) is 20.8 Å². The molecular formula is C32H39F3N2O5. The van der Waals surface area contributed by atoms with E-state index in [0.29, 0.717) is 54.8 Å². The lowest BCUT2D eigenvalue weighted by molar-refractivity contribution is -0.143. The molecule has 2 atom stereocenters. The Balaban J connectivity index is 1.75. The molecule has 0 spiro atoms. The van der Waals surface area contributed by atoms with E-state index in [9.17, 15) is 27.6 Å². The lowest BCUT2D eigenvalue weighted by Gasteiger charge is -2.34.